The van der Waals surface area contributed by atoms with Crippen molar-refractivity contribution < 1.29 is 18.7 Å². The van der Waals surface area contributed by atoms with Crippen LogP contribution in [0.4, 0.5) is 15.9 Å². The lowest BCUT2D eigenvalue weighted by molar-refractivity contribution is -0.120. The molecule has 3 aromatic rings. The van der Waals surface area contributed by atoms with Crippen molar-refractivity contribution in [2.24, 2.45) is 11.0 Å². The van der Waals surface area contributed by atoms with Gasteiger partial charge in [0.15, 0.2) is 11.5 Å². The molecular weight excluding hydrogens is 429 g/mol. The number of imidazole rings is 1. The number of halogens is 1. The zero-order valence-electron chi connectivity index (χ0n) is 18.1. The predicted octanol–water partition coefficient (Wildman–Crippen LogP) is 3.03. The molecule has 5 rings (SSSR count). The fourth-order valence-electron chi connectivity index (χ4n) is 3.61. The van der Waals surface area contributed by atoms with Crippen molar-refractivity contribution in [1.29, 1.82) is 0 Å². The number of anilines is 2. The maximum absolute atomic E-state index is 14.3. The molecule has 3 heterocycles. The molecule has 1 fully saturated rings. The number of fused-ring (bicyclic) bond motifs is 1. The molecule has 2 aliphatic rings. The van der Waals surface area contributed by atoms with Crippen LogP contribution in [0.3, 0.4) is 0 Å². The van der Waals surface area contributed by atoms with Gasteiger partial charge in [0.1, 0.15) is 17.6 Å². The SMILES string of the molecule is CC1=NN(C)C(C(=O)Nc2cc(Oc3ccc4nc(NC(=O)C5CC5)cn4n3)ccc2F)C1. The number of carbonyl (C=O) groups excluding carboxylic acids is 2. The third-order valence-corrected chi connectivity index (χ3v) is 5.48. The van der Waals surface area contributed by atoms with Crippen molar-refractivity contribution in [3.05, 3.63) is 42.3 Å². The van der Waals surface area contributed by atoms with E-state index >= 15 is 0 Å². The highest BCUT2D eigenvalue weighted by Crippen LogP contribution is 2.30. The fourth-order valence-corrected chi connectivity index (χ4v) is 3.61. The number of hydrazone groups is 1. The van der Waals surface area contributed by atoms with Crippen molar-refractivity contribution in [2.45, 2.75) is 32.2 Å². The van der Waals surface area contributed by atoms with Gasteiger partial charge < -0.3 is 15.4 Å². The number of likely N-dealkylation sites (N-methyl/N-ethyl adjacent to an activating group) is 1. The Morgan fingerprint density at radius 1 is 1.15 bits per heavy atom. The number of aromatic nitrogens is 3. The van der Waals surface area contributed by atoms with E-state index in [4.69, 9.17) is 4.74 Å². The Kier molecular flexibility index (Phi) is 5.15. The van der Waals surface area contributed by atoms with E-state index in [-0.39, 0.29) is 29.3 Å². The van der Waals surface area contributed by atoms with Gasteiger partial charge in [-0.2, -0.15) is 5.10 Å². The number of hydrogen-bond acceptors (Lipinski definition) is 7. The van der Waals surface area contributed by atoms with Crippen molar-refractivity contribution in [1.82, 2.24) is 19.6 Å². The molecule has 1 aliphatic heterocycles. The van der Waals surface area contributed by atoms with E-state index < -0.39 is 11.9 Å². The zero-order chi connectivity index (χ0) is 23.1. The molecule has 0 saturated heterocycles. The summed E-state index contributed by atoms with van der Waals surface area (Å²) in [5.74, 6) is 0.0497. The van der Waals surface area contributed by atoms with Crippen LogP contribution in [0.2, 0.25) is 0 Å². The average molecular weight is 451 g/mol. The Morgan fingerprint density at radius 3 is 2.70 bits per heavy atom. The minimum Gasteiger partial charge on any atom is -0.438 e. The predicted molar refractivity (Wildman–Crippen MR) is 119 cm³/mol. The number of benzene rings is 1. The lowest BCUT2D eigenvalue weighted by Crippen LogP contribution is -2.36. The summed E-state index contributed by atoms with van der Waals surface area (Å²) < 4.78 is 21.6. The number of rotatable bonds is 6. The lowest BCUT2D eigenvalue weighted by atomic mass is 10.1. The second-order valence-corrected chi connectivity index (χ2v) is 8.23. The van der Waals surface area contributed by atoms with Gasteiger partial charge in [0.05, 0.1) is 11.9 Å². The summed E-state index contributed by atoms with van der Waals surface area (Å²) in [6, 6.07) is 6.88. The average Bonchev–Trinajstić information content (AvgIpc) is 3.46. The first-order valence-corrected chi connectivity index (χ1v) is 10.6. The Labute approximate surface area is 188 Å². The molecule has 0 spiro atoms. The van der Waals surface area contributed by atoms with E-state index in [2.05, 4.69) is 25.8 Å². The van der Waals surface area contributed by atoms with E-state index in [9.17, 15) is 14.0 Å². The summed E-state index contributed by atoms with van der Waals surface area (Å²) in [5.41, 5.74) is 1.38. The highest BCUT2D eigenvalue weighted by atomic mass is 19.1. The van der Waals surface area contributed by atoms with Crippen LogP contribution < -0.4 is 15.4 Å². The summed E-state index contributed by atoms with van der Waals surface area (Å²) in [6.07, 6.45) is 3.89. The summed E-state index contributed by atoms with van der Waals surface area (Å²) in [5, 5.41) is 15.5. The van der Waals surface area contributed by atoms with Gasteiger partial charge in [0, 0.05) is 37.2 Å². The van der Waals surface area contributed by atoms with E-state index in [1.165, 1.54) is 22.7 Å². The molecule has 33 heavy (non-hydrogen) atoms. The molecule has 2 N–H and O–H groups in total. The van der Waals surface area contributed by atoms with Crippen molar-refractivity contribution in [2.75, 3.05) is 17.7 Å². The zero-order valence-corrected chi connectivity index (χ0v) is 18.1. The van der Waals surface area contributed by atoms with Crippen LogP contribution in [0.1, 0.15) is 26.2 Å². The van der Waals surface area contributed by atoms with Gasteiger partial charge in [-0.3, -0.25) is 14.6 Å². The number of hydrogen-bond donors (Lipinski definition) is 2. The number of amides is 2. The quantitative estimate of drug-likeness (QED) is 0.596. The maximum Gasteiger partial charge on any atom is 0.249 e. The highest BCUT2D eigenvalue weighted by Gasteiger charge is 2.30. The van der Waals surface area contributed by atoms with Crippen molar-refractivity contribution in [3.63, 3.8) is 0 Å². The highest BCUT2D eigenvalue weighted by molar-refractivity contribution is 6.00. The first-order valence-electron chi connectivity index (χ1n) is 10.6. The molecule has 1 aliphatic carbocycles. The van der Waals surface area contributed by atoms with Gasteiger partial charge in [-0.15, -0.1) is 5.10 Å². The van der Waals surface area contributed by atoms with Crippen LogP contribution in [0, 0.1) is 11.7 Å². The van der Waals surface area contributed by atoms with Crippen LogP contribution in [-0.2, 0) is 9.59 Å². The second kappa shape index (κ2) is 8.15. The van der Waals surface area contributed by atoms with Crippen LogP contribution in [0.25, 0.3) is 5.65 Å². The molecule has 2 amide bonds. The van der Waals surface area contributed by atoms with Gasteiger partial charge in [-0.05, 0) is 38.0 Å². The molecule has 170 valence electrons. The number of ether oxygens (including phenoxy) is 1. The van der Waals surface area contributed by atoms with Crippen LogP contribution in [0.15, 0.2) is 41.6 Å². The van der Waals surface area contributed by atoms with Gasteiger partial charge in [0.2, 0.25) is 17.7 Å². The molecule has 1 unspecified atom stereocenters. The van der Waals surface area contributed by atoms with E-state index in [1.54, 1.807) is 30.4 Å². The van der Waals surface area contributed by atoms with Crippen LogP contribution in [0.5, 0.6) is 11.6 Å². The Hall–Kier alpha value is -4.02. The largest absolute Gasteiger partial charge is 0.438 e. The van der Waals surface area contributed by atoms with Crippen molar-refractivity contribution in [3.8, 4) is 11.6 Å². The van der Waals surface area contributed by atoms with Gasteiger partial charge in [-0.1, -0.05) is 0 Å². The van der Waals surface area contributed by atoms with Crippen LogP contribution >= 0.6 is 0 Å². The monoisotopic (exact) mass is 451 g/mol. The Balaban J connectivity index is 1.29. The first-order chi connectivity index (χ1) is 15.9. The summed E-state index contributed by atoms with van der Waals surface area (Å²) in [4.78, 5) is 28.8. The first kappa shape index (κ1) is 20.9. The molecule has 2 aromatic heterocycles. The lowest BCUT2D eigenvalue weighted by Gasteiger charge is -2.18. The molecule has 1 atom stereocenters. The van der Waals surface area contributed by atoms with Gasteiger partial charge >= 0.3 is 0 Å². The smallest absolute Gasteiger partial charge is 0.249 e. The van der Waals surface area contributed by atoms with E-state index in [0.29, 0.717) is 23.6 Å². The van der Waals surface area contributed by atoms with Gasteiger partial charge in [0.25, 0.3) is 0 Å². The second-order valence-electron chi connectivity index (χ2n) is 8.23. The van der Waals surface area contributed by atoms with Crippen LogP contribution in [-0.4, -0.2) is 50.2 Å². The van der Waals surface area contributed by atoms with Gasteiger partial charge in [-0.25, -0.2) is 13.9 Å². The number of nitrogens with one attached hydrogen (secondary N) is 2. The Morgan fingerprint density at radius 2 is 1.97 bits per heavy atom. The summed E-state index contributed by atoms with van der Waals surface area (Å²) in [6.45, 7) is 1.84. The minimum absolute atomic E-state index is 0.00392. The molecule has 1 saturated carbocycles. The molecule has 11 heteroatoms. The van der Waals surface area contributed by atoms with E-state index in [1.807, 2.05) is 6.92 Å². The molecular formula is C22H22FN7O3. The molecule has 0 radical (unpaired) electrons. The normalized spacial score (nSPS) is 17.7. The Bertz CT molecular complexity index is 1280. The minimum atomic E-state index is -0.581. The molecule has 0 bridgehead atoms. The fraction of sp³-hybridized carbons (Fsp3) is 0.318. The summed E-state index contributed by atoms with van der Waals surface area (Å²) >= 11 is 0. The topological polar surface area (TPSA) is 113 Å². The molecule has 10 nitrogen and oxygen atoms in total. The maximum atomic E-state index is 14.3. The van der Waals surface area contributed by atoms with E-state index in [0.717, 1.165) is 18.6 Å². The number of carbonyl (C=O) groups is 2. The molecule has 1 aromatic carbocycles. The standard InChI is InChI=1S/C22H22FN7O3/c1-12-9-17(29(2)27-12)22(32)24-16-10-14(5-6-15(16)23)33-20-8-7-19-25-18(11-30(19)28-20)26-21(31)13-3-4-13/h5-8,10-11,13,17H,3-4,9H2,1-2H3,(H,24,32)(H,26,31). The summed E-state index contributed by atoms with van der Waals surface area (Å²) in [7, 11) is 1.71. The number of nitrogens with zero attached hydrogens (tertiary/aromatic N) is 5. The van der Waals surface area contributed by atoms with Crippen molar-refractivity contribution >= 4 is 34.7 Å². The third kappa shape index (κ3) is 4.47. The third-order valence-electron chi connectivity index (χ3n) is 5.48.